The predicted molar refractivity (Wildman–Crippen MR) is 93.5 cm³/mol. The largest absolute Gasteiger partial charge is 0.339 e. The summed E-state index contributed by atoms with van der Waals surface area (Å²) >= 11 is 11.8. The van der Waals surface area contributed by atoms with Crippen molar-refractivity contribution < 1.29 is 4.79 Å². The Labute approximate surface area is 149 Å². The first-order valence-corrected chi connectivity index (χ1v) is 7.57. The van der Waals surface area contributed by atoms with E-state index in [4.69, 9.17) is 28.5 Å². The number of halogens is 2. The van der Waals surface area contributed by atoms with Gasteiger partial charge in [0.1, 0.15) is 23.4 Å². The summed E-state index contributed by atoms with van der Waals surface area (Å²) in [6.07, 6.45) is 1.44. The summed E-state index contributed by atoms with van der Waals surface area (Å²) in [5.74, 6) is -0.586. The molecule has 0 radical (unpaired) electrons. The molecule has 1 N–H and O–H groups in total. The Morgan fingerprint density at radius 2 is 1.83 bits per heavy atom. The average Bonchev–Trinajstić information content (AvgIpc) is 2.79. The van der Waals surface area contributed by atoms with Gasteiger partial charge >= 0.3 is 0 Å². The van der Waals surface area contributed by atoms with Crippen LogP contribution in [-0.4, -0.2) is 10.5 Å². The predicted octanol–water partition coefficient (Wildman–Crippen LogP) is 4.06. The minimum absolute atomic E-state index is 0.0933. The Bertz CT molecular complexity index is 909. The molecule has 0 aliphatic carbocycles. The van der Waals surface area contributed by atoms with Crippen LogP contribution in [0.2, 0.25) is 10.0 Å². The number of nitriles is 2. The molecule has 24 heavy (non-hydrogen) atoms. The van der Waals surface area contributed by atoms with Crippen LogP contribution in [0.15, 0.2) is 29.8 Å². The van der Waals surface area contributed by atoms with Crippen molar-refractivity contribution in [2.45, 2.75) is 6.92 Å². The van der Waals surface area contributed by atoms with Gasteiger partial charge in [0.25, 0.3) is 5.91 Å². The molecule has 1 aromatic carbocycles. The molecule has 120 valence electrons. The second kappa shape index (κ2) is 7.23. The number of carbonyl (C=O) groups is 1. The first-order valence-electron chi connectivity index (χ1n) is 6.81. The minimum Gasteiger partial charge on any atom is -0.339 e. The zero-order valence-electron chi connectivity index (χ0n) is 12.9. The van der Waals surface area contributed by atoms with E-state index in [0.717, 1.165) is 5.69 Å². The van der Waals surface area contributed by atoms with Gasteiger partial charge in [0.05, 0.1) is 0 Å². The van der Waals surface area contributed by atoms with E-state index in [1.807, 2.05) is 6.07 Å². The second-order valence-electron chi connectivity index (χ2n) is 5.02. The summed E-state index contributed by atoms with van der Waals surface area (Å²) < 4.78 is 1.69. The summed E-state index contributed by atoms with van der Waals surface area (Å²) in [6, 6.07) is 10.1. The number of hydrogen-bond acceptors (Lipinski definition) is 3. The Morgan fingerprint density at radius 1 is 1.21 bits per heavy atom. The molecule has 2 aromatic rings. The number of nitrogens with zero attached hydrogens (tertiary/aromatic N) is 3. The highest BCUT2D eigenvalue weighted by molar-refractivity contribution is 6.35. The number of nitrogens with one attached hydrogen (secondary N) is 1. The number of aromatic nitrogens is 1. The zero-order chi connectivity index (χ0) is 17.9. The molecule has 0 fully saturated rings. The minimum atomic E-state index is -0.586. The molecular formula is C17H12Cl2N4O. The molecule has 1 heterocycles. The molecule has 0 unspecified atom stereocenters. The number of carbonyl (C=O) groups excluding carboxylic acids is 1. The van der Waals surface area contributed by atoms with Gasteiger partial charge in [-0.3, -0.25) is 4.79 Å². The van der Waals surface area contributed by atoms with E-state index in [0.29, 0.717) is 27.0 Å². The summed E-state index contributed by atoms with van der Waals surface area (Å²) in [6.45, 7) is 1.80. The quantitative estimate of drug-likeness (QED) is 0.663. The molecule has 2 rings (SSSR count). The van der Waals surface area contributed by atoms with Crippen LogP contribution in [0.25, 0.3) is 6.08 Å². The molecule has 0 aliphatic heterocycles. The van der Waals surface area contributed by atoms with Gasteiger partial charge in [-0.25, -0.2) is 0 Å². The molecule has 0 spiro atoms. The highest BCUT2D eigenvalue weighted by atomic mass is 35.5. The Hall–Kier alpha value is -2.73. The van der Waals surface area contributed by atoms with Gasteiger partial charge in [0, 0.05) is 28.5 Å². The fraction of sp³-hybridized carbons (Fsp3) is 0.118. The summed E-state index contributed by atoms with van der Waals surface area (Å²) in [4.78, 5) is 12.3. The van der Waals surface area contributed by atoms with Crippen molar-refractivity contribution in [3.8, 4) is 12.1 Å². The van der Waals surface area contributed by atoms with Gasteiger partial charge in [-0.1, -0.05) is 23.2 Å². The molecule has 0 bridgehead atoms. The topological polar surface area (TPSA) is 81.6 Å². The molecule has 7 heteroatoms. The number of amides is 1. The lowest BCUT2D eigenvalue weighted by Crippen LogP contribution is -2.13. The van der Waals surface area contributed by atoms with Crippen LogP contribution in [0.1, 0.15) is 17.0 Å². The molecule has 0 atom stereocenters. The van der Waals surface area contributed by atoms with Crippen molar-refractivity contribution in [1.29, 1.82) is 10.5 Å². The van der Waals surface area contributed by atoms with Crippen LogP contribution < -0.4 is 5.32 Å². The van der Waals surface area contributed by atoms with E-state index in [-0.39, 0.29) is 5.57 Å². The van der Waals surface area contributed by atoms with Crippen molar-refractivity contribution in [3.05, 3.63) is 56.8 Å². The van der Waals surface area contributed by atoms with Gasteiger partial charge in [0.15, 0.2) is 0 Å². The third-order valence-electron chi connectivity index (χ3n) is 3.47. The molecule has 1 amide bonds. The van der Waals surface area contributed by atoms with E-state index in [1.54, 1.807) is 24.6 Å². The smallest absolute Gasteiger partial charge is 0.266 e. The van der Waals surface area contributed by atoms with E-state index in [9.17, 15) is 10.1 Å². The average molecular weight is 359 g/mol. The second-order valence-corrected chi connectivity index (χ2v) is 5.90. The lowest BCUT2D eigenvalue weighted by atomic mass is 10.1. The first kappa shape index (κ1) is 17.6. The van der Waals surface area contributed by atoms with E-state index >= 15 is 0 Å². The monoisotopic (exact) mass is 358 g/mol. The van der Waals surface area contributed by atoms with Gasteiger partial charge < -0.3 is 9.88 Å². The molecule has 0 saturated heterocycles. The lowest BCUT2D eigenvalue weighted by molar-refractivity contribution is -0.112. The summed E-state index contributed by atoms with van der Waals surface area (Å²) in [5.41, 5.74) is 2.14. The van der Waals surface area contributed by atoms with Crippen LogP contribution in [0.3, 0.4) is 0 Å². The third kappa shape index (κ3) is 3.78. The Morgan fingerprint density at radius 3 is 2.33 bits per heavy atom. The van der Waals surface area contributed by atoms with Gasteiger partial charge in [-0.2, -0.15) is 10.5 Å². The highest BCUT2D eigenvalue weighted by Gasteiger charge is 2.13. The number of benzene rings is 1. The number of anilines is 1. The van der Waals surface area contributed by atoms with Gasteiger partial charge in [-0.05, 0) is 42.8 Å². The van der Waals surface area contributed by atoms with Crippen molar-refractivity contribution in [3.63, 3.8) is 0 Å². The van der Waals surface area contributed by atoms with Crippen LogP contribution in [0, 0.1) is 29.6 Å². The first-order chi connectivity index (χ1) is 11.3. The van der Waals surface area contributed by atoms with Crippen LogP contribution >= 0.6 is 23.2 Å². The van der Waals surface area contributed by atoms with Crippen molar-refractivity contribution in [1.82, 2.24) is 4.57 Å². The fourth-order valence-electron chi connectivity index (χ4n) is 2.10. The SMILES string of the molecule is Cc1c(/C=C(\C#N)C(=O)Nc2cc(Cl)cc(Cl)c2)cc(C#N)n1C. The van der Waals surface area contributed by atoms with Gasteiger partial charge in [0.2, 0.25) is 0 Å². The Balaban J connectivity index is 2.33. The van der Waals surface area contributed by atoms with Crippen molar-refractivity contribution in [2.24, 2.45) is 7.05 Å². The van der Waals surface area contributed by atoms with Crippen LogP contribution in [0.5, 0.6) is 0 Å². The normalized spacial score (nSPS) is 10.8. The Kier molecular flexibility index (Phi) is 5.31. The third-order valence-corrected chi connectivity index (χ3v) is 3.91. The zero-order valence-corrected chi connectivity index (χ0v) is 14.4. The van der Waals surface area contributed by atoms with Crippen molar-refractivity contribution >= 4 is 40.9 Å². The van der Waals surface area contributed by atoms with E-state index < -0.39 is 5.91 Å². The number of hydrogen-bond donors (Lipinski definition) is 1. The summed E-state index contributed by atoms with van der Waals surface area (Å²) in [7, 11) is 1.74. The van der Waals surface area contributed by atoms with Crippen LogP contribution in [0.4, 0.5) is 5.69 Å². The maximum Gasteiger partial charge on any atom is 0.266 e. The fourth-order valence-corrected chi connectivity index (χ4v) is 2.63. The lowest BCUT2D eigenvalue weighted by Gasteiger charge is -2.05. The highest BCUT2D eigenvalue weighted by Crippen LogP contribution is 2.23. The van der Waals surface area contributed by atoms with Crippen LogP contribution in [-0.2, 0) is 11.8 Å². The van der Waals surface area contributed by atoms with Crippen molar-refractivity contribution in [2.75, 3.05) is 5.32 Å². The van der Waals surface area contributed by atoms with E-state index in [1.165, 1.54) is 24.3 Å². The molecule has 1 aromatic heterocycles. The molecule has 5 nitrogen and oxygen atoms in total. The standard InChI is InChI=1S/C17H12Cl2N4O/c1-10-11(4-16(9-21)23(10)2)3-12(8-20)17(24)22-15-6-13(18)5-14(19)7-15/h3-7H,1-2H3,(H,22,24)/b12-3+. The molecular weight excluding hydrogens is 347 g/mol. The molecule has 0 aliphatic rings. The summed E-state index contributed by atoms with van der Waals surface area (Å²) in [5, 5.41) is 21.6. The van der Waals surface area contributed by atoms with E-state index in [2.05, 4.69) is 11.4 Å². The maximum atomic E-state index is 12.3. The maximum absolute atomic E-state index is 12.3. The number of rotatable bonds is 3. The molecule has 0 saturated carbocycles. The van der Waals surface area contributed by atoms with Gasteiger partial charge in [-0.15, -0.1) is 0 Å².